The van der Waals surface area contributed by atoms with Crippen LogP contribution in [0.15, 0.2) is 24.3 Å². The summed E-state index contributed by atoms with van der Waals surface area (Å²) in [5, 5.41) is 9.68. The van der Waals surface area contributed by atoms with E-state index in [-0.39, 0.29) is 11.9 Å². The van der Waals surface area contributed by atoms with Crippen molar-refractivity contribution < 1.29 is 9.50 Å². The van der Waals surface area contributed by atoms with Gasteiger partial charge in [0, 0.05) is 0 Å². The predicted molar refractivity (Wildman–Crippen MR) is 83.3 cm³/mol. The van der Waals surface area contributed by atoms with Crippen LogP contribution in [-0.2, 0) is 0 Å². The molecule has 21 heavy (non-hydrogen) atoms. The Morgan fingerprint density at radius 3 is 2.57 bits per heavy atom. The summed E-state index contributed by atoms with van der Waals surface area (Å²) >= 11 is 0. The Kier molecular flexibility index (Phi) is 4.63. The second-order valence-electron chi connectivity index (χ2n) is 7.06. The van der Waals surface area contributed by atoms with Gasteiger partial charge in [-0.25, -0.2) is 4.39 Å². The number of hydrogen-bond acceptors (Lipinski definition) is 1. The number of aliphatic hydroxyl groups excluding tert-OH is 1. The number of halogens is 1. The molecule has 1 nitrogen and oxygen atoms in total. The number of benzene rings is 1. The van der Waals surface area contributed by atoms with Gasteiger partial charge in [0.25, 0.3) is 0 Å². The molecule has 3 atom stereocenters. The molecule has 0 aliphatic heterocycles. The van der Waals surface area contributed by atoms with Crippen LogP contribution in [0.5, 0.6) is 0 Å². The van der Waals surface area contributed by atoms with Gasteiger partial charge in [-0.05, 0) is 86.3 Å². The van der Waals surface area contributed by atoms with Crippen molar-refractivity contribution in [3.63, 3.8) is 0 Å². The van der Waals surface area contributed by atoms with Crippen LogP contribution in [0.3, 0.4) is 0 Å². The molecule has 0 spiro atoms. The predicted octanol–water partition coefficient (Wildman–Crippen LogP) is 4.71. The lowest BCUT2D eigenvalue weighted by Gasteiger charge is -2.40. The molecule has 2 fully saturated rings. The van der Waals surface area contributed by atoms with E-state index in [0.717, 1.165) is 37.2 Å². The molecule has 1 N–H and O–H groups in total. The maximum Gasteiger partial charge on any atom is 0.123 e. The summed E-state index contributed by atoms with van der Waals surface area (Å²) in [6.07, 6.45) is 8.95. The molecule has 2 heteroatoms. The SMILES string of the molecule is CC1[CH]CC(C2CCC(O)CC2)CC1c1cccc(F)c1. The smallest absolute Gasteiger partial charge is 0.123 e. The minimum Gasteiger partial charge on any atom is -0.393 e. The molecule has 0 heterocycles. The molecule has 1 radical (unpaired) electrons. The fraction of sp³-hybridized carbons (Fsp3) is 0.632. The number of hydrogen-bond donors (Lipinski definition) is 1. The Morgan fingerprint density at radius 2 is 1.86 bits per heavy atom. The summed E-state index contributed by atoms with van der Waals surface area (Å²) in [6.45, 7) is 2.26. The van der Waals surface area contributed by atoms with E-state index in [9.17, 15) is 9.50 Å². The first kappa shape index (κ1) is 15.0. The van der Waals surface area contributed by atoms with E-state index < -0.39 is 0 Å². The monoisotopic (exact) mass is 289 g/mol. The Balaban J connectivity index is 1.70. The highest BCUT2D eigenvalue weighted by Gasteiger charge is 2.34. The lowest BCUT2D eigenvalue weighted by atomic mass is 9.65. The van der Waals surface area contributed by atoms with E-state index in [1.807, 2.05) is 6.07 Å². The van der Waals surface area contributed by atoms with Gasteiger partial charge >= 0.3 is 0 Å². The first-order chi connectivity index (χ1) is 10.1. The van der Waals surface area contributed by atoms with Crippen molar-refractivity contribution in [3.05, 3.63) is 42.1 Å². The van der Waals surface area contributed by atoms with Crippen LogP contribution in [0.2, 0.25) is 0 Å². The summed E-state index contributed by atoms with van der Waals surface area (Å²) in [6, 6.07) is 7.14. The largest absolute Gasteiger partial charge is 0.393 e. The van der Waals surface area contributed by atoms with Crippen LogP contribution >= 0.6 is 0 Å². The molecule has 3 rings (SSSR count). The third-order valence-electron chi connectivity index (χ3n) is 5.69. The van der Waals surface area contributed by atoms with Gasteiger partial charge in [0.1, 0.15) is 5.82 Å². The van der Waals surface area contributed by atoms with Crippen molar-refractivity contribution >= 4 is 0 Å². The quantitative estimate of drug-likeness (QED) is 0.836. The summed E-state index contributed by atoms with van der Waals surface area (Å²) in [4.78, 5) is 0. The van der Waals surface area contributed by atoms with Crippen LogP contribution in [0, 0.1) is 30.0 Å². The molecule has 2 saturated carbocycles. The van der Waals surface area contributed by atoms with Crippen LogP contribution in [0.4, 0.5) is 4.39 Å². The highest BCUT2D eigenvalue weighted by molar-refractivity contribution is 5.23. The first-order valence-electron chi connectivity index (χ1n) is 8.40. The molecule has 3 unspecified atom stereocenters. The van der Waals surface area contributed by atoms with Gasteiger partial charge < -0.3 is 5.11 Å². The summed E-state index contributed by atoms with van der Waals surface area (Å²) in [5.74, 6) is 2.31. The molecular weight excluding hydrogens is 263 g/mol. The van der Waals surface area contributed by atoms with Gasteiger partial charge in [-0.15, -0.1) is 0 Å². The Labute approximate surface area is 127 Å². The standard InChI is InChI=1S/C19H26FO/c1-13-5-6-15(14-7-9-18(21)10-8-14)12-19(13)16-3-2-4-17(20)11-16/h2-5,11,13-15,18-19,21H,6-10,12H2,1H3. The van der Waals surface area contributed by atoms with E-state index in [0.29, 0.717) is 17.8 Å². The van der Waals surface area contributed by atoms with Gasteiger partial charge in [0.05, 0.1) is 6.10 Å². The Morgan fingerprint density at radius 1 is 1.10 bits per heavy atom. The van der Waals surface area contributed by atoms with Crippen LogP contribution < -0.4 is 0 Å². The van der Waals surface area contributed by atoms with Gasteiger partial charge in [0.15, 0.2) is 0 Å². The fourth-order valence-electron chi connectivity index (χ4n) is 4.33. The number of aliphatic hydroxyl groups is 1. The zero-order chi connectivity index (χ0) is 14.8. The van der Waals surface area contributed by atoms with E-state index in [2.05, 4.69) is 19.4 Å². The first-order valence-corrected chi connectivity index (χ1v) is 8.40. The molecule has 0 aromatic heterocycles. The van der Waals surface area contributed by atoms with Gasteiger partial charge in [-0.3, -0.25) is 0 Å². The normalized spacial score (nSPS) is 37.4. The fourth-order valence-corrected chi connectivity index (χ4v) is 4.33. The van der Waals surface area contributed by atoms with Crippen molar-refractivity contribution in [1.82, 2.24) is 0 Å². The maximum absolute atomic E-state index is 13.5. The highest BCUT2D eigenvalue weighted by Crippen LogP contribution is 2.45. The van der Waals surface area contributed by atoms with Gasteiger partial charge in [-0.2, -0.15) is 0 Å². The third-order valence-corrected chi connectivity index (χ3v) is 5.69. The van der Waals surface area contributed by atoms with E-state index in [1.165, 1.54) is 18.9 Å². The average Bonchev–Trinajstić information content (AvgIpc) is 2.49. The minimum atomic E-state index is -0.123. The molecule has 0 amide bonds. The lowest BCUT2D eigenvalue weighted by molar-refractivity contribution is 0.0809. The van der Waals surface area contributed by atoms with Crippen molar-refractivity contribution in [2.45, 2.75) is 57.5 Å². The average molecular weight is 289 g/mol. The van der Waals surface area contributed by atoms with Crippen molar-refractivity contribution in [2.75, 3.05) is 0 Å². The summed E-state index contributed by atoms with van der Waals surface area (Å²) < 4.78 is 13.5. The molecule has 0 saturated heterocycles. The zero-order valence-electron chi connectivity index (χ0n) is 12.8. The highest BCUT2D eigenvalue weighted by atomic mass is 19.1. The summed E-state index contributed by atoms with van der Waals surface area (Å²) in [5.41, 5.74) is 1.15. The summed E-state index contributed by atoms with van der Waals surface area (Å²) in [7, 11) is 0. The molecule has 1 aromatic rings. The lowest BCUT2D eigenvalue weighted by Crippen LogP contribution is -2.30. The van der Waals surface area contributed by atoms with Crippen molar-refractivity contribution in [3.8, 4) is 0 Å². The van der Waals surface area contributed by atoms with Crippen LogP contribution in [0.25, 0.3) is 0 Å². The third kappa shape index (κ3) is 3.48. The van der Waals surface area contributed by atoms with Crippen LogP contribution in [-0.4, -0.2) is 11.2 Å². The topological polar surface area (TPSA) is 20.2 Å². The molecule has 1 aromatic carbocycles. The maximum atomic E-state index is 13.5. The van der Waals surface area contributed by atoms with Gasteiger partial charge in [-0.1, -0.05) is 19.1 Å². The Hall–Kier alpha value is -0.890. The van der Waals surface area contributed by atoms with Gasteiger partial charge in [0.2, 0.25) is 0 Å². The second kappa shape index (κ2) is 6.48. The van der Waals surface area contributed by atoms with Crippen molar-refractivity contribution in [1.29, 1.82) is 0 Å². The Bertz CT molecular complexity index is 464. The van der Waals surface area contributed by atoms with E-state index in [4.69, 9.17) is 0 Å². The van der Waals surface area contributed by atoms with E-state index >= 15 is 0 Å². The molecule has 2 aliphatic carbocycles. The van der Waals surface area contributed by atoms with Crippen molar-refractivity contribution in [2.24, 2.45) is 17.8 Å². The molecule has 115 valence electrons. The minimum absolute atomic E-state index is 0.0771. The molecule has 0 bridgehead atoms. The molecule has 2 aliphatic rings. The van der Waals surface area contributed by atoms with E-state index in [1.54, 1.807) is 6.07 Å². The zero-order valence-corrected chi connectivity index (χ0v) is 12.8. The van der Waals surface area contributed by atoms with Crippen LogP contribution in [0.1, 0.15) is 56.9 Å². The second-order valence-corrected chi connectivity index (χ2v) is 7.06. The number of rotatable bonds is 2. The molecular formula is C19H26FO.